The number of hydrogen-bond acceptors (Lipinski definition) is 3. The molecule has 0 aliphatic rings. The van der Waals surface area contributed by atoms with Crippen molar-refractivity contribution in [2.75, 3.05) is 0 Å². The Morgan fingerprint density at radius 2 is 1.86 bits per heavy atom. The molecule has 0 amide bonds. The number of isocyanates is 1. The normalized spacial score (nSPS) is 10.4. The van der Waals surface area contributed by atoms with Gasteiger partial charge < -0.3 is 0 Å². The molecule has 3 heteroatoms. The van der Waals surface area contributed by atoms with Gasteiger partial charge in [-0.25, -0.2) is 4.79 Å². The molecular formula is C19H15NOS. The highest BCUT2D eigenvalue weighted by Gasteiger charge is 2.06. The van der Waals surface area contributed by atoms with Crippen LogP contribution in [0.3, 0.4) is 0 Å². The Bertz CT molecular complexity index is 861. The van der Waals surface area contributed by atoms with Gasteiger partial charge in [-0.3, -0.25) is 0 Å². The number of benzene rings is 3. The van der Waals surface area contributed by atoms with E-state index in [-0.39, 0.29) is 0 Å². The molecule has 0 aliphatic heterocycles. The van der Waals surface area contributed by atoms with Crippen molar-refractivity contribution >= 4 is 34.3 Å². The van der Waals surface area contributed by atoms with Gasteiger partial charge in [0.15, 0.2) is 0 Å². The number of aliphatic imine (C=N–C) groups is 1. The highest BCUT2D eigenvalue weighted by molar-refractivity contribution is 7.99. The molecular weight excluding hydrogens is 290 g/mol. The second-order valence-electron chi connectivity index (χ2n) is 4.93. The van der Waals surface area contributed by atoms with Crippen LogP contribution in [0.2, 0.25) is 0 Å². The first-order chi connectivity index (χ1) is 10.8. The zero-order valence-electron chi connectivity index (χ0n) is 12.2. The molecule has 0 aromatic heterocycles. The molecule has 0 unspecified atom stereocenters. The van der Waals surface area contributed by atoms with Gasteiger partial charge in [-0.15, -0.1) is 0 Å². The maximum Gasteiger partial charge on any atom is 0.240 e. The summed E-state index contributed by atoms with van der Waals surface area (Å²) in [5, 5.41) is 2.49. The fourth-order valence-corrected chi connectivity index (χ4v) is 3.51. The Labute approximate surface area is 133 Å². The lowest BCUT2D eigenvalue weighted by molar-refractivity contribution is 0.565. The minimum Gasteiger partial charge on any atom is -0.211 e. The highest BCUT2D eigenvalue weighted by Crippen LogP contribution is 2.35. The largest absolute Gasteiger partial charge is 0.240 e. The van der Waals surface area contributed by atoms with Crippen LogP contribution in [0.1, 0.15) is 12.5 Å². The maximum absolute atomic E-state index is 10.5. The van der Waals surface area contributed by atoms with E-state index < -0.39 is 0 Å². The van der Waals surface area contributed by atoms with Crippen LogP contribution in [0, 0.1) is 0 Å². The Hall–Kier alpha value is -2.35. The molecule has 0 atom stereocenters. The Kier molecular flexibility index (Phi) is 4.38. The predicted octanol–water partition coefficient (Wildman–Crippen LogP) is 5.52. The third kappa shape index (κ3) is 2.96. The topological polar surface area (TPSA) is 29.4 Å². The molecule has 0 N–H and O–H groups in total. The fraction of sp³-hybridized carbons (Fsp3) is 0.105. The van der Waals surface area contributed by atoms with Gasteiger partial charge in [0.25, 0.3) is 0 Å². The number of rotatable bonds is 4. The zero-order chi connectivity index (χ0) is 15.4. The third-order valence-electron chi connectivity index (χ3n) is 3.58. The van der Waals surface area contributed by atoms with E-state index in [0.29, 0.717) is 5.69 Å². The van der Waals surface area contributed by atoms with Gasteiger partial charge in [0.1, 0.15) is 0 Å². The van der Waals surface area contributed by atoms with Crippen molar-refractivity contribution in [3.05, 3.63) is 66.2 Å². The lowest BCUT2D eigenvalue weighted by atomic mass is 10.1. The van der Waals surface area contributed by atoms with Crippen LogP contribution in [0.15, 0.2) is 75.4 Å². The van der Waals surface area contributed by atoms with Crippen molar-refractivity contribution in [3.8, 4) is 0 Å². The maximum atomic E-state index is 10.5. The van der Waals surface area contributed by atoms with E-state index in [0.717, 1.165) is 16.9 Å². The molecule has 0 saturated heterocycles. The molecule has 0 saturated carbocycles. The van der Waals surface area contributed by atoms with E-state index in [1.165, 1.54) is 15.7 Å². The molecule has 22 heavy (non-hydrogen) atoms. The molecule has 0 bridgehead atoms. The number of aryl methyl sites for hydroxylation is 1. The van der Waals surface area contributed by atoms with Gasteiger partial charge in [0, 0.05) is 9.79 Å². The molecule has 108 valence electrons. The van der Waals surface area contributed by atoms with Crippen molar-refractivity contribution in [2.45, 2.75) is 23.1 Å². The first-order valence-electron chi connectivity index (χ1n) is 7.18. The molecule has 0 heterocycles. The Morgan fingerprint density at radius 3 is 2.68 bits per heavy atom. The van der Waals surface area contributed by atoms with Crippen molar-refractivity contribution in [1.29, 1.82) is 0 Å². The summed E-state index contributed by atoms with van der Waals surface area (Å²) in [6.07, 6.45) is 2.46. The minimum absolute atomic E-state index is 0.708. The molecule has 3 rings (SSSR count). The van der Waals surface area contributed by atoms with Crippen LogP contribution < -0.4 is 0 Å². The average molecular weight is 305 g/mol. The molecule has 0 radical (unpaired) electrons. The van der Waals surface area contributed by atoms with Crippen molar-refractivity contribution < 1.29 is 4.79 Å². The first kappa shape index (κ1) is 14.6. The quantitative estimate of drug-likeness (QED) is 0.469. The lowest BCUT2D eigenvalue weighted by Crippen LogP contribution is -1.84. The summed E-state index contributed by atoms with van der Waals surface area (Å²) in [7, 11) is 0. The predicted molar refractivity (Wildman–Crippen MR) is 91.7 cm³/mol. The van der Waals surface area contributed by atoms with Crippen LogP contribution in [-0.4, -0.2) is 6.08 Å². The lowest BCUT2D eigenvalue weighted by Gasteiger charge is -2.08. The van der Waals surface area contributed by atoms with Crippen molar-refractivity contribution in [2.24, 2.45) is 4.99 Å². The zero-order valence-corrected chi connectivity index (χ0v) is 13.1. The first-order valence-corrected chi connectivity index (χ1v) is 8.00. The number of nitrogens with zero attached hydrogens (tertiary/aromatic N) is 1. The smallest absolute Gasteiger partial charge is 0.211 e. The number of carbonyl (C=O) groups excluding carboxylic acids is 1. The van der Waals surface area contributed by atoms with Gasteiger partial charge in [-0.1, -0.05) is 55.1 Å². The summed E-state index contributed by atoms with van der Waals surface area (Å²) >= 11 is 1.73. The van der Waals surface area contributed by atoms with Gasteiger partial charge in [-0.05, 0) is 47.0 Å². The van der Waals surface area contributed by atoms with Crippen molar-refractivity contribution in [3.63, 3.8) is 0 Å². The molecule has 2 nitrogen and oxygen atoms in total. The summed E-state index contributed by atoms with van der Waals surface area (Å²) in [5.41, 5.74) is 1.77. The van der Waals surface area contributed by atoms with Gasteiger partial charge in [-0.2, -0.15) is 4.99 Å². The van der Waals surface area contributed by atoms with Crippen molar-refractivity contribution in [1.82, 2.24) is 0 Å². The monoisotopic (exact) mass is 305 g/mol. The third-order valence-corrected chi connectivity index (χ3v) is 4.64. The van der Waals surface area contributed by atoms with E-state index in [1.54, 1.807) is 17.8 Å². The average Bonchev–Trinajstić information content (AvgIpc) is 2.57. The molecule has 0 spiro atoms. The van der Waals surface area contributed by atoms with Crippen LogP contribution in [0.4, 0.5) is 5.69 Å². The van der Waals surface area contributed by atoms with E-state index in [2.05, 4.69) is 60.4 Å². The second kappa shape index (κ2) is 6.61. The summed E-state index contributed by atoms with van der Waals surface area (Å²) in [5.74, 6) is 0. The van der Waals surface area contributed by atoms with E-state index >= 15 is 0 Å². The standard InChI is InChI=1S/C19H15NOS/c1-2-14-12-16(10-11-18(14)20-13-21)22-19-9-5-7-15-6-3-4-8-17(15)19/h3-12H,2H2,1H3. The van der Waals surface area contributed by atoms with E-state index in [4.69, 9.17) is 0 Å². The summed E-state index contributed by atoms with van der Waals surface area (Å²) in [6, 6.07) is 20.7. The molecule has 0 aliphatic carbocycles. The molecule has 3 aromatic carbocycles. The van der Waals surface area contributed by atoms with Gasteiger partial charge >= 0.3 is 0 Å². The minimum atomic E-state index is 0.708. The second-order valence-corrected chi connectivity index (χ2v) is 6.04. The number of fused-ring (bicyclic) bond motifs is 1. The summed E-state index contributed by atoms with van der Waals surface area (Å²) in [4.78, 5) is 16.6. The van der Waals surface area contributed by atoms with Crippen LogP contribution >= 0.6 is 11.8 Å². The molecule has 3 aromatic rings. The van der Waals surface area contributed by atoms with Gasteiger partial charge in [0.05, 0.1) is 5.69 Å². The van der Waals surface area contributed by atoms with E-state index in [1.807, 2.05) is 12.1 Å². The Balaban J connectivity index is 2.00. The Morgan fingerprint density at radius 1 is 1.05 bits per heavy atom. The number of hydrogen-bond donors (Lipinski definition) is 0. The van der Waals surface area contributed by atoms with Gasteiger partial charge in [0.2, 0.25) is 6.08 Å². The SMILES string of the molecule is CCc1cc(Sc2cccc3ccccc23)ccc1N=C=O. The summed E-state index contributed by atoms with van der Waals surface area (Å²) in [6.45, 7) is 2.06. The van der Waals surface area contributed by atoms with Crippen LogP contribution in [0.25, 0.3) is 10.8 Å². The molecule has 0 fully saturated rings. The summed E-state index contributed by atoms with van der Waals surface area (Å²) < 4.78 is 0. The van der Waals surface area contributed by atoms with E-state index in [9.17, 15) is 4.79 Å². The fourth-order valence-electron chi connectivity index (χ4n) is 2.48. The van der Waals surface area contributed by atoms with Crippen LogP contribution in [0.5, 0.6) is 0 Å². The van der Waals surface area contributed by atoms with Crippen LogP contribution in [-0.2, 0) is 11.2 Å². The highest BCUT2D eigenvalue weighted by atomic mass is 32.2.